The largest absolute Gasteiger partial charge is 1.00 e. The highest BCUT2D eigenvalue weighted by atomic mass is 35.5. The van der Waals surface area contributed by atoms with E-state index in [1.807, 2.05) is 0 Å². The van der Waals surface area contributed by atoms with Crippen LogP contribution in [0.25, 0.3) is 0 Å². The van der Waals surface area contributed by atoms with Gasteiger partial charge in [-0.3, -0.25) is 0 Å². The first-order valence-electron chi connectivity index (χ1n) is 1.60. The van der Waals surface area contributed by atoms with Gasteiger partial charge in [-0.2, -0.15) is 0 Å². The molecule has 0 saturated heterocycles. The lowest BCUT2D eigenvalue weighted by Crippen LogP contribution is -3.00. The monoisotopic (exact) mass is 142 g/mol. The summed E-state index contributed by atoms with van der Waals surface area (Å²) in [6, 6.07) is -0.454. The maximum absolute atomic E-state index is 9.71. The van der Waals surface area contributed by atoms with Crippen LogP contribution in [0, 0.1) is 0 Å². The standard InChI is InChI=1S/C2H7N2OP.ClH/c3-2(5)4-1-6;/h1,6H2,(H3,3,4,5);1H. The molecule has 0 spiro atoms. The molecule has 7 heavy (non-hydrogen) atoms. The summed E-state index contributed by atoms with van der Waals surface area (Å²) in [5.74, 6) is 0. The predicted molar refractivity (Wildman–Crippen MR) is 28.7 cm³/mol. The Morgan fingerprint density at radius 3 is 2.29 bits per heavy atom. The number of rotatable bonds is 1. The molecule has 0 rings (SSSR count). The molecule has 0 aliphatic heterocycles. The van der Waals surface area contributed by atoms with Crippen molar-refractivity contribution < 1.29 is 17.2 Å². The molecule has 0 fully saturated rings. The summed E-state index contributed by atoms with van der Waals surface area (Å²) in [5, 5.41) is 2.36. The molecular weight excluding hydrogens is 134 g/mol. The summed E-state index contributed by atoms with van der Waals surface area (Å²) in [6.45, 7) is 0. The molecule has 44 valence electrons. The van der Waals surface area contributed by atoms with E-state index in [0.717, 1.165) is 0 Å². The van der Waals surface area contributed by atoms with E-state index in [4.69, 9.17) is 0 Å². The van der Waals surface area contributed by atoms with Gasteiger partial charge in [-0.15, -0.1) is 0 Å². The van der Waals surface area contributed by atoms with Gasteiger partial charge in [-0.25, -0.2) is 4.79 Å². The number of hydrogen-bond acceptors (Lipinski definition) is 1. The first-order valence-corrected chi connectivity index (χ1v) is 2.60. The summed E-state index contributed by atoms with van der Waals surface area (Å²) >= 11 is 0. The molecule has 0 bridgehead atoms. The Labute approximate surface area is 50.6 Å². The van der Waals surface area contributed by atoms with E-state index in [9.17, 15) is 4.79 Å². The first-order chi connectivity index (χ1) is 2.77. The minimum Gasteiger partial charge on any atom is -1.00 e. The highest BCUT2D eigenvalue weighted by Gasteiger charge is 1.82. The number of halogens is 1. The molecular formula is C2H8ClN2OP. The molecule has 0 heterocycles. The SMILES string of the molecule is NC(=O)NC[PH3+].[Cl-]. The third-order valence-electron chi connectivity index (χ3n) is 0.299. The summed E-state index contributed by atoms with van der Waals surface area (Å²) < 4.78 is 0. The predicted octanol–water partition coefficient (Wildman–Crippen LogP) is -3.78. The topological polar surface area (TPSA) is 55.1 Å². The van der Waals surface area contributed by atoms with Gasteiger partial charge in [-0.1, -0.05) is 0 Å². The molecule has 0 aliphatic carbocycles. The molecule has 3 N–H and O–H groups in total. The van der Waals surface area contributed by atoms with E-state index in [-0.39, 0.29) is 12.4 Å². The number of nitrogens with two attached hydrogens (primary N) is 1. The zero-order chi connectivity index (χ0) is 4.99. The summed E-state index contributed by atoms with van der Waals surface area (Å²) in [7, 11) is 1.64. The zero-order valence-corrected chi connectivity index (χ0v) is 5.95. The van der Waals surface area contributed by atoms with E-state index in [2.05, 4.69) is 11.1 Å². The highest BCUT2D eigenvalue weighted by molar-refractivity contribution is 7.16. The van der Waals surface area contributed by atoms with Crippen LogP contribution in [-0.2, 0) is 0 Å². The van der Waals surface area contributed by atoms with Crippen LogP contribution >= 0.6 is 9.24 Å². The van der Waals surface area contributed by atoms with Crippen molar-refractivity contribution in [1.82, 2.24) is 5.32 Å². The molecule has 0 radical (unpaired) electrons. The van der Waals surface area contributed by atoms with Gasteiger partial charge in [0.15, 0.2) is 0 Å². The third kappa shape index (κ3) is 10.7. The van der Waals surface area contributed by atoms with Crippen molar-refractivity contribution >= 4 is 15.3 Å². The van der Waals surface area contributed by atoms with Crippen molar-refractivity contribution in [1.29, 1.82) is 0 Å². The van der Waals surface area contributed by atoms with Gasteiger partial charge in [0.1, 0.15) is 6.29 Å². The Bertz CT molecular complexity index is 59.7. The second kappa shape index (κ2) is 5.99. The molecule has 0 aromatic rings. The lowest BCUT2D eigenvalue weighted by Gasteiger charge is -1.85. The van der Waals surface area contributed by atoms with Gasteiger partial charge < -0.3 is 23.5 Å². The van der Waals surface area contributed by atoms with E-state index in [1.54, 1.807) is 9.24 Å². The average Bonchev–Trinajstić information content (AvgIpc) is 1.35. The number of carbonyl (C=O) groups excluding carboxylic acids is 1. The molecule has 1 unspecified atom stereocenters. The van der Waals surface area contributed by atoms with Crippen LogP contribution in [0.4, 0.5) is 4.79 Å². The van der Waals surface area contributed by atoms with E-state index < -0.39 is 6.03 Å². The summed E-state index contributed by atoms with van der Waals surface area (Å²) in [5.41, 5.74) is 4.66. The summed E-state index contributed by atoms with van der Waals surface area (Å²) in [4.78, 5) is 9.71. The van der Waals surface area contributed by atoms with E-state index in [0.29, 0.717) is 6.29 Å². The van der Waals surface area contributed by atoms with Crippen molar-refractivity contribution in [2.45, 2.75) is 0 Å². The number of hydrogen-bond donors (Lipinski definition) is 2. The van der Waals surface area contributed by atoms with Crippen molar-refractivity contribution in [2.75, 3.05) is 6.29 Å². The van der Waals surface area contributed by atoms with Crippen LogP contribution in [-0.4, -0.2) is 12.3 Å². The Hall–Kier alpha value is -0.0100. The van der Waals surface area contributed by atoms with Gasteiger partial charge in [0, 0.05) is 0 Å². The average molecular weight is 143 g/mol. The Morgan fingerprint density at radius 1 is 1.86 bits per heavy atom. The molecule has 0 aliphatic rings. The second-order valence-corrected chi connectivity index (χ2v) is 1.29. The number of nitrogens with one attached hydrogen (secondary N) is 1. The Kier molecular flexibility index (Phi) is 8.62. The smallest absolute Gasteiger partial charge is 0.314 e. The summed E-state index contributed by atoms with van der Waals surface area (Å²) in [6.07, 6.45) is 0.634. The fourth-order valence-electron chi connectivity index (χ4n) is 0.123. The number of urea groups is 1. The molecule has 0 aromatic carbocycles. The van der Waals surface area contributed by atoms with Crippen molar-refractivity contribution in [3.05, 3.63) is 0 Å². The quantitative estimate of drug-likeness (QED) is 0.363. The first kappa shape index (κ1) is 10.1. The van der Waals surface area contributed by atoms with Crippen LogP contribution < -0.4 is 23.5 Å². The lowest BCUT2D eigenvalue weighted by atomic mass is 11.0. The normalized spacial score (nSPS) is 6.86. The number of carbonyl (C=O) groups is 1. The fraction of sp³-hybridized carbons (Fsp3) is 0.500. The third-order valence-corrected chi connectivity index (χ3v) is 0.549. The maximum Gasteiger partial charge on any atom is 0.314 e. The molecule has 0 saturated carbocycles. The molecule has 5 heteroatoms. The molecule has 0 aromatic heterocycles. The van der Waals surface area contributed by atoms with Crippen LogP contribution in [0.3, 0.4) is 0 Å². The minimum atomic E-state index is -0.454. The van der Waals surface area contributed by atoms with Crippen molar-refractivity contribution in [2.24, 2.45) is 5.73 Å². The molecule has 2 amide bonds. The lowest BCUT2D eigenvalue weighted by molar-refractivity contribution is -0.00000466. The zero-order valence-electron chi connectivity index (χ0n) is 3.78. The Morgan fingerprint density at radius 2 is 2.29 bits per heavy atom. The van der Waals surface area contributed by atoms with Gasteiger partial charge in [0.2, 0.25) is 0 Å². The van der Waals surface area contributed by atoms with Crippen molar-refractivity contribution in [3.8, 4) is 0 Å². The number of primary amides is 1. The fourth-order valence-corrected chi connectivity index (χ4v) is 0.370. The van der Waals surface area contributed by atoms with Crippen LogP contribution in [0.5, 0.6) is 0 Å². The Balaban J connectivity index is 0. The van der Waals surface area contributed by atoms with Gasteiger partial charge in [-0.05, 0) is 9.24 Å². The van der Waals surface area contributed by atoms with E-state index >= 15 is 0 Å². The number of amides is 2. The minimum absolute atomic E-state index is 0. The molecule has 1 atom stereocenters. The van der Waals surface area contributed by atoms with Gasteiger partial charge >= 0.3 is 6.03 Å². The van der Waals surface area contributed by atoms with E-state index in [1.165, 1.54) is 0 Å². The van der Waals surface area contributed by atoms with Crippen LogP contribution in [0.15, 0.2) is 0 Å². The second-order valence-electron chi connectivity index (χ2n) is 0.791. The van der Waals surface area contributed by atoms with Crippen LogP contribution in [0.2, 0.25) is 0 Å². The molecule has 3 nitrogen and oxygen atoms in total. The highest BCUT2D eigenvalue weighted by Crippen LogP contribution is 1.68. The maximum atomic E-state index is 9.71. The van der Waals surface area contributed by atoms with Gasteiger partial charge in [0.05, 0.1) is 0 Å². The van der Waals surface area contributed by atoms with Gasteiger partial charge in [0.25, 0.3) is 0 Å². The van der Waals surface area contributed by atoms with Crippen LogP contribution in [0.1, 0.15) is 0 Å². The van der Waals surface area contributed by atoms with Crippen molar-refractivity contribution in [3.63, 3.8) is 0 Å².